The Bertz CT molecular complexity index is 708. The molecule has 2 aromatic rings. The van der Waals surface area contributed by atoms with Crippen LogP contribution in [-0.2, 0) is 17.3 Å². The molecule has 5 nitrogen and oxygen atoms in total. The minimum atomic E-state index is -4.47. The normalized spacial score (nSPS) is 11.5. The number of carbonyl (C=O) groups is 1. The Labute approximate surface area is 124 Å². The fraction of sp³-hybridized carbons (Fsp3) is 0.286. The van der Waals surface area contributed by atoms with E-state index < -0.39 is 17.7 Å². The van der Waals surface area contributed by atoms with E-state index in [4.69, 9.17) is 5.73 Å². The number of anilines is 1. The van der Waals surface area contributed by atoms with Crippen LogP contribution in [0.15, 0.2) is 24.5 Å². The number of hydrogen-bond acceptors (Lipinski definition) is 4. The predicted molar refractivity (Wildman–Crippen MR) is 73.7 cm³/mol. The Morgan fingerprint density at radius 2 is 2.09 bits per heavy atom. The van der Waals surface area contributed by atoms with Crippen LogP contribution < -0.4 is 5.73 Å². The first kappa shape index (κ1) is 15.9. The number of nitrogen functional groups attached to an aromatic ring is 1. The van der Waals surface area contributed by atoms with Crippen molar-refractivity contribution in [3.05, 3.63) is 41.5 Å². The van der Waals surface area contributed by atoms with Gasteiger partial charge in [0.2, 0.25) is 0 Å². The van der Waals surface area contributed by atoms with Gasteiger partial charge in [-0.25, -0.2) is 9.78 Å². The first-order valence-corrected chi connectivity index (χ1v) is 6.41. The fourth-order valence-electron chi connectivity index (χ4n) is 2.14. The van der Waals surface area contributed by atoms with Crippen LogP contribution >= 0.6 is 0 Å². The van der Waals surface area contributed by atoms with Gasteiger partial charge in [0, 0.05) is 0 Å². The van der Waals surface area contributed by atoms with Crippen LogP contribution in [0.25, 0.3) is 5.69 Å². The van der Waals surface area contributed by atoms with Crippen molar-refractivity contribution in [1.29, 1.82) is 0 Å². The maximum Gasteiger partial charge on any atom is 0.416 e. The lowest BCUT2D eigenvalue weighted by molar-refractivity contribution is -0.137. The van der Waals surface area contributed by atoms with E-state index in [0.29, 0.717) is 17.8 Å². The molecule has 0 bridgehead atoms. The number of benzene rings is 1. The summed E-state index contributed by atoms with van der Waals surface area (Å²) >= 11 is 0. The van der Waals surface area contributed by atoms with Crippen LogP contribution in [0.4, 0.5) is 18.9 Å². The quantitative estimate of drug-likeness (QED) is 0.699. The average molecular weight is 313 g/mol. The van der Waals surface area contributed by atoms with Gasteiger partial charge in [0.15, 0.2) is 5.69 Å². The zero-order valence-electron chi connectivity index (χ0n) is 11.9. The molecule has 0 fully saturated rings. The number of halogens is 3. The third-order valence-corrected chi connectivity index (χ3v) is 3.19. The molecule has 118 valence electrons. The number of esters is 1. The maximum atomic E-state index is 12.7. The molecular weight excluding hydrogens is 299 g/mol. The van der Waals surface area contributed by atoms with E-state index in [1.165, 1.54) is 24.1 Å². The molecule has 0 saturated heterocycles. The Kier molecular flexibility index (Phi) is 4.11. The first-order chi connectivity index (χ1) is 10.3. The van der Waals surface area contributed by atoms with Gasteiger partial charge in [-0.3, -0.25) is 0 Å². The molecule has 0 unspecified atom stereocenters. The van der Waals surface area contributed by atoms with Crippen molar-refractivity contribution in [3.63, 3.8) is 0 Å². The van der Waals surface area contributed by atoms with Gasteiger partial charge in [0.1, 0.15) is 6.33 Å². The minimum Gasteiger partial charge on any atom is -0.464 e. The van der Waals surface area contributed by atoms with E-state index >= 15 is 0 Å². The monoisotopic (exact) mass is 313 g/mol. The number of rotatable bonds is 3. The SMILES string of the molecule is CCc1c(C(=O)OC)ncn1-c1ccc(C(F)(F)F)cc1N. The summed E-state index contributed by atoms with van der Waals surface area (Å²) in [6, 6.07) is 3.04. The van der Waals surface area contributed by atoms with Crippen LogP contribution in [0.1, 0.15) is 28.7 Å². The number of hydrogen-bond donors (Lipinski definition) is 1. The largest absolute Gasteiger partial charge is 0.464 e. The number of imidazole rings is 1. The van der Waals surface area contributed by atoms with Crippen molar-refractivity contribution >= 4 is 11.7 Å². The smallest absolute Gasteiger partial charge is 0.416 e. The van der Waals surface area contributed by atoms with Crippen LogP contribution in [0.2, 0.25) is 0 Å². The molecule has 22 heavy (non-hydrogen) atoms. The zero-order chi connectivity index (χ0) is 16.5. The summed E-state index contributed by atoms with van der Waals surface area (Å²) < 4.78 is 44.1. The van der Waals surface area contributed by atoms with Gasteiger partial charge < -0.3 is 15.0 Å². The van der Waals surface area contributed by atoms with Crippen LogP contribution in [0, 0.1) is 0 Å². The number of alkyl halides is 3. The van der Waals surface area contributed by atoms with Crippen molar-refractivity contribution in [2.45, 2.75) is 19.5 Å². The number of nitrogens with two attached hydrogens (primary N) is 1. The molecule has 0 radical (unpaired) electrons. The molecule has 0 saturated carbocycles. The number of ether oxygens (including phenoxy) is 1. The highest BCUT2D eigenvalue weighted by atomic mass is 19.4. The molecule has 1 aromatic carbocycles. The van der Waals surface area contributed by atoms with Crippen molar-refractivity contribution in [1.82, 2.24) is 9.55 Å². The highest BCUT2D eigenvalue weighted by molar-refractivity contribution is 5.88. The van der Waals surface area contributed by atoms with Crippen LogP contribution in [0.5, 0.6) is 0 Å². The van der Waals surface area contributed by atoms with E-state index in [-0.39, 0.29) is 11.4 Å². The summed E-state index contributed by atoms with van der Waals surface area (Å²) in [6.45, 7) is 1.79. The van der Waals surface area contributed by atoms with Crippen molar-refractivity contribution in [2.75, 3.05) is 12.8 Å². The standard InChI is InChI=1S/C14H14F3N3O2/c1-3-10-12(13(21)22-2)19-7-20(10)11-5-4-8(6-9(11)18)14(15,16)17/h4-7H,3,18H2,1-2H3. The van der Waals surface area contributed by atoms with E-state index in [2.05, 4.69) is 9.72 Å². The van der Waals surface area contributed by atoms with Gasteiger partial charge in [-0.2, -0.15) is 13.2 Å². The van der Waals surface area contributed by atoms with Crippen LogP contribution in [0.3, 0.4) is 0 Å². The number of carbonyl (C=O) groups excluding carboxylic acids is 1. The molecule has 0 atom stereocenters. The van der Waals surface area contributed by atoms with E-state index in [0.717, 1.165) is 12.1 Å². The third kappa shape index (κ3) is 2.76. The topological polar surface area (TPSA) is 70.1 Å². The second kappa shape index (κ2) is 5.70. The minimum absolute atomic E-state index is 0.0571. The number of aromatic nitrogens is 2. The average Bonchev–Trinajstić information content (AvgIpc) is 2.88. The second-order valence-electron chi connectivity index (χ2n) is 4.53. The predicted octanol–water partition coefficient (Wildman–Crippen LogP) is 2.82. The summed E-state index contributed by atoms with van der Waals surface area (Å²) in [5, 5.41) is 0. The Morgan fingerprint density at radius 1 is 1.41 bits per heavy atom. The molecule has 1 heterocycles. The van der Waals surface area contributed by atoms with Crippen molar-refractivity contribution < 1.29 is 22.7 Å². The van der Waals surface area contributed by atoms with Gasteiger partial charge >= 0.3 is 12.1 Å². The lowest BCUT2D eigenvalue weighted by atomic mass is 10.1. The van der Waals surface area contributed by atoms with Crippen LogP contribution in [-0.4, -0.2) is 22.6 Å². The molecule has 0 aliphatic rings. The Morgan fingerprint density at radius 3 is 2.59 bits per heavy atom. The van der Waals surface area contributed by atoms with Gasteiger partial charge in [-0.15, -0.1) is 0 Å². The molecule has 0 aliphatic heterocycles. The van der Waals surface area contributed by atoms with Gasteiger partial charge in [0.25, 0.3) is 0 Å². The lowest BCUT2D eigenvalue weighted by Gasteiger charge is -2.13. The number of methoxy groups -OCH3 is 1. The first-order valence-electron chi connectivity index (χ1n) is 6.41. The highest BCUT2D eigenvalue weighted by Crippen LogP contribution is 2.32. The van der Waals surface area contributed by atoms with Gasteiger partial charge in [-0.05, 0) is 24.6 Å². The third-order valence-electron chi connectivity index (χ3n) is 3.19. The van der Waals surface area contributed by atoms with E-state index in [1.54, 1.807) is 6.92 Å². The van der Waals surface area contributed by atoms with Gasteiger partial charge in [-0.1, -0.05) is 6.92 Å². The molecule has 2 rings (SSSR count). The van der Waals surface area contributed by atoms with Gasteiger partial charge in [0.05, 0.1) is 29.7 Å². The Balaban J connectivity index is 2.53. The van der Waals surface area contributed by atoms with E-state index in [9.17, 15) is 18.0 Å². The summed E-state index contributed by atoms with van der Waals surface area (Å²) in [4.78, 5) is 15.6. The molecule has 0 amide bonds. The summed E-state index contributed by atoms with van der Waals surface area (Å²) in [5.41, 5.74) is 5.79. The van der Waals surface area contributed by atoms with Crippen molar-refractivity contribution in [3.8, 4) is 5.69 Å². The number of nitrogens with zero attached hydrogens (tertiary/aromatic N) is 2. The molecule has 0 spiro atoms. The lowest BCUT2D eigenvalue weighted by Crippen LogP contribution is -2.10. The highest BCUT2D eigenvalue weighted by Gasteiger charge is 2.31. The summed E-state index contributed by atoms with van der Waals surface area (Å²) in [5.74, 6) is -0.610. The molecule has 8 heteroatoms. The molecule has 0 aliphatic carbocycles. The summed E-state index contributed by atoms with van der Waals surface area (Å²) in [6.07, 6.45) is -2.69. The fourth-order valence-corrected chi connectivity index (χ4v) is 2.14. The zero-order valence-corrected chi connectivity index (χ0v) is 11.9. The van der Waals surface area contributed by atoms with Crippen molar-refractivity contribution in [2.24, 2.45) is 0 Å². The van der Waals surface area contributed by atoms with E-state index in [1.807, 2.05) is 0 Å². The molecule has 2 N–H and O–H groups in total. The molecular formula is C14H14F3N3O2. The summed E-state index contributed by atoms with van der Waals surface area (Å²) in [7, 11) is 1.23. The molecule has 1 aromatic heterocycles. The Hall–Kier alpha value is -2.51. The maximum absolute atomic E-state index is 12.7. The second-order valence-corrected chi connectivity index (χ2v) is 4.53.